The zero-order valence-corrected chi connectivity index (χ0v) is 24.7. The van der Waals surface area contributed by atoms with Crippen LogP contribution in [-0.4, -0.2) is 59.0 Å². The zero-order valence-electron chi connectivity index (χ0n) is 24.7. The summed E-state index contributed by atoms with van der Waals surface area (Å²) in [5.41, 5.74) is -0.957. The van der Waals surface area contributed by atoms with Gasteiger partial charge in [-0.1, -0.05) is 59.4 Å². The summed E-state index contributed by atoms with van der Waals surface area (Å²) >= 11 is 0. The van der Waals surface area contributed by atoms with Crippen molar-refractivity contribution in [1.29, 1.82) is 0 Å². The maximum absolute atomic E-state index is 12.9. The van der Waals surface area contributed by atoms with Gasteiger partial charge in [0, 0.05) is 18.9 Å². The highest BCUT2D eigenvalue weighted by Gasteiger charge is 2.73. The lowest BCUT2D eigenvalue weighted by atomic mass is 9.44. The van der Waals surface area contributed by atoms with Crippen LogP contribution >= 0.6 is 0 Å². The van der Waals surface area contributed by atoms with Gasteiger partial charge in [0.2, 0.25) is 12.6 Å². The van der Waals surface area contributed by atoms with E-state index in [1.54, 1.807) is 19.1 Å². The second kappa shape index (κ2) is 12.6. The van der Waals surface area contributed by atoms with Crippen LogP contribution in [0, 0.1) is 28.6 Å². The van der Waals surface area contributed by atoms with Crippen LogP contribution in [0.5, 0.6) is 0 Å². The molecule has 2 fully saturated rings. The Balaban J connectivity index is 2.23. The smallest absolute Gasteiger partial charge is 0.309 e. The summed E-state index contributed by atoms with van der Waals surface area (Å²) in [7, 11) is 0. The lowest BCUT2D eigenvalue weighted by Crippen LogP contribution is -2.68. The summed E-state index contributed by atoms with van der Waals surface area (Å²) in [6.07, 6.45) is 0.0646. The van der Waals surface area contributed by atoms with Crippen LogP contribution in [0.2, 0.25) is 0 Å². The summed E-state index contributed by atoms with van der Waals surface area (Å²) < 4.78 is 23.5. The molecule has 9 nitrogen and oxygen atoms in total. The third-order valence-corrected chi connectivity index (χ3v) is 9.48. The molecule has 1 saturated heterocycles. The summed E-state index contributed by atoms with van der Waals surface area (Å²) in [6, 6.07) is 0. The van der Waals surface area contributed by atoms with Gasteiger partial charge in [-0.25, -0.2) is 0 Å². The van der Waals surface area contributed by atoms with Crippen LogP contribution in [0.1, 0.15) is 80.1 Å². The Morgan fingerprint density at radius 1 is 1.20 bits per heavy atom. The maximum atomic E-state index is 12.9. The third kappa shape index (κ3) is 5.65. The van der Waals surface area contributed by atoms with E-state index in [0.29, 0.717) is 31.3 Å². The third-order valence-electron chi connectivity index (χ3n) is 9.48. The second-order valence-corrected chi connectivity index (χ2v) is 11.9. The molecule has 0 amide bonds. The fourth-order valence-corrected chi connectivity index (χ4v) is 6.71. The molecule has 1 spiro atoms. The van der Waals surface area contributed by atoms with Crippen molar-refractivity contribution in [3.8, 4) is 0 Å². The van der Waals surface area contributed by atoms with Crippen molar-refractivity contribution in [3.63, 3.8) is 0 Å². The number of hydrogen-bond donors (Lipinski definition) is 2. The molecule has 3 aliphatic rings. The van der Waals surface area contributed by atoms with Gasteiger partial charge >= 0.3 is 17.9 Å². The molecule has 2 N–H and O–H groups in total. The van der Waals surface area contributed by atoms with E-state index in [-0.39, 0.29) is 24.7 Å². The standard InChI is InChI=1S/C31H46O9/c1-9-12-24(33)39-28-22-15-21(38-27(36)18(5)11-3)16-23-30(8,14-13-17(4)10-2)19(6)25(34)26(35)31(22,23)29(40-28)37-20(7)32/h10,15,18-19,21,23,25-26,28-29,34-35H,2,4,9,11-14,16H2,1,3,5-8H3/t18-,19-,21+,23+,25+,26+,28+,29-,30-,31-/m1/s1. The van der Waals surface area contributed by atoms with Crippen LogP contribution in [-0.2, 0) is 33.3 Å². The molecule has 0 unspecified atom stereocenters. The SMILES string of the molecule is C=CC(=C)CC[C@]1(C)[C@H](C)[C@H](O)[C@H](O)[C@@]23C(=C[C@H](OC(=O)[C@H](C)CC)C[C@@H]12)[C@@H](OC(=O)CCC)O[C@H]3OC(C)=O. The lowest BCUT2D eigenvalue weighted by molar-refractivity contribution is -0.274. The van der Waals surface area contributed by atoms with Crippen LogP contribution < -0.4 is 0 Å². The molecule has 1 saturated carbocycles. The number of hydrogen-bond acceptors (Lipinski definition) is 9. The van der Waals surface area contributed by atoms with E-state index in [4.69, 9.17) is 18.9 Å². The number of rotatable bonds is 11. The lowest BCUT2D eigenvalue weighted by Gasteiger charge is -2.62. The molecule has 40 heavy (non-hydrogen) atoms. The Bertz CT molecular complexity index is 1030. The first-order valence-corrected chi connectivity index (χ1v) is 14.4. The van der Waals surface area contributed by atoms with Crippen molar-refractivity contribution in [1.82, 2.24) is 0 Å². The first-order valence-electron chi connectivity index (χ1n) is 14.4. The van der Waals surface area contributed by atoms with Crippen molar-refractivity contribution >= 4 is 17.9 Å². The van der Waals surface area contributed by atoms with Crippen LogP contribution in [0.15, 0.2) is 36.5 Å². The Hall–Kier alpha value is -2.49. The van der Waals surface area contributed by atoms with E-state index in [1.165, 1.54) is 6.92 Å². The minimum atomic E-state index is -1.45. The first kappa shape index (κ1) is 32.0. The fraction of sp³-hybridized carbons (Fsp3) is 0.710. The molecule has 9 heteroatoms. The van der Waals surface area contributed by atoms with E-state index >= 15 is 0 Å². The van der Waals surface area contributed by atoms with E-state index in [0.717, 1.165) is 5.57 Å². The molecule has 0 aromatic carbocycles. The number of carbonyl (C=O) groups excluding carboxylic acids is 3. The number of carbonyl (C=O) groups is 3. The topological polar surface area (TPSA) is 129 Å². The molecule has 0 radical (unpaired) electrons. The van der Waals surface area contributed by atoms with E-state index in [9.17, 15) is 24.6 Å². The van der Waals surface area contributed by atoms with Crippen molar-refractivity contribution in [2.24, 2.45) is 28.6 Å². The fourth-order valence-electron chi connectivity index (χ4n) is 6.71. The zero-order chi connectivity index (χ0) is 30.0. The molecular formula is C31H46O9. The predicted molar refractivity (Wildman–Crippen MR) is 147 cm³/mol. The minimum absolute atomic E-state index is 0.137. The number of aliphatic hydroxyl groups is 2. The van der Waals surface area contributed by atoms with Crippen LogP contribution in [0.25, 0.3) is 0 Å². The van der Waals surface area contributed by atoms with Gasteiger partial charge in [-0.15, -0.1) is 0 Å². The molecule has 10 atom stereocenters. The van der Waals surface area contributed by atoms with Crippen molar-refractivity contribution in [2.45, 2.75) is 111 Å². The van der Waals surface area contributed by atoms with Gasteiger partial charge in [-0.2, -0.15) is 0 Å². The van der Waals surface area contributed by atoms with Crippen molar-refractivity contribution < 1.29 is 43.5 Å². The number of aliphatic hydroxyl groups excluding tert-OH is 2. The Morgan fingerprint density at radius 2 is 1.88 bits per heavy atom. The Morgan fingerprint density at radius 3 is 2.45 bits per heavy atom. The molecule has 0 aromatic heterocycles. The Labute approximate surface area is 237 Å². The highest BCUT2D eigenvalue weighted by atomic mass is 16.8. The highest BCUT2D eigenvalue weighted by Crippen LogP contribution is 2.67. The molecule has 1 aliphatic heterocycles. The molecule has 224 valence electrons. The van der Waals surface area contributed by atoms with Gasteiger partial charge in [0.25, 0.3) is 0 Å². The van der Waals surface area contributed by atoms with Gasteiger partial charge < -0.3 is 24.4 Å². The predicted octanol–water partition coefficient (Wildman–Crippen LogP) is 4.37. The molecule has 1 heterocycles. The molecule has 0 aromatic rings. The summed E-state index contributed by atoms with van der Waals surface area (Å²) in [5.74, 6) is -2.76. The van der Waals surface area contributed by atoms with Gasteiger partial charge in [0.1, 0.15) is 6.10 Å². The van der Waals surface area contributed by atoms with Crippen molar-refractivity contribution in [2.75, 3.05) is 0 Å². The number of ether oxygens (including phenoxy) is 4. The van der Waals surface area contributed by atoms with Crippen molar-refractivity contribution in [3.05, 3.63) is 36.5 Å². The summed E-state index contributed by atoms with van der Waals surface area (Å²) in [5, 5.41) is 23.3. The van der Waals surface area contributed by atoms with Gasteiger partial charge in [0.15, 0.2) is 0 Å². The Kier molecular flexibility index (Phi) is 10.1. The van der Waals surface area contributed by atoms with E-state index in [1.807, 2.05) is 27.7 Å². The van der Waals surface area contributed by atoms with Gasteiger partial charge in [-0.05, 0) is 55.4 Å². The normalized spacial score (nSPS) is 37.3. The highest BCUT2D eigenvalue weighted by molar-refractivity contribution is 5.72. The molecular weight excluding hydrogens is 516 g/mol. The average molecular weight is 563 g/mol. The molecule has 0 bridgehead atoms. The monoisotopic (exact) mass is 562 g/mol. The van der Waals surface area contributed by atoms with E-state index < -0.39 is 65.5 Å². The quantitative estimate of drug-likeness (QED) is 0.163. The first-order chi connectivity index (χ1) is 18.8. The van der Waals surface area contributed by atoms with E-state index in [2.05, 4.69) is 13.2 Å². The summed E-state index contributed by atoms with van der Waals surface area (Å²) in [4.78, 5) is 37.8. The largest absolute Gasteiger partial charge is 0.458 e. The maximum Gasteiger partial charge on any atom is 0.309 e. The van der Waals surface area contributed by atoms with Crippen LogP contribution in [0.4, 0.5) is 0 Å². The molecule has 3 rings (SSSR count). The number of allylic oxidation sites excluding steroid dienone is 2. The van der Waals surface area contributed by atoms with Gasteiger partial charge in [-0.3, -0.25) is 19.1 Å². The average Bonchev–Trinajstić information content (AvgIpc) is 3.20. The molecule has 2 aliphatic carbocycles. The summed E-state index contributed by atoms with van der Waals surface area (Å²) in [6.45, 7) is 18.5. The second-order valence-electron chi connectivity index (χ2n) is 11.9. The minimum Gasteiger partial charge on any atom is -0.458 e. The van der Waals surface area contributed by atoms with Gasteiger partial charge in [0.05, 0.1) is 23.5 Å². The number of esters is 3. The van der Waals surface area contributed by atoms with Crippen LogP contribution in [0.3, 0.4) is 0 Å².